The molecule has 2 aromatic rings. The maximum atomic E-state index is 11.7. The van der Waals surface area contributed by atoms with Gasteiger partial charge in [-0.15, -0.1) is 0 Å². The van der Waals surface area contributed by atoms with Gasteiger partial charge in [0.25, 0.3) is 0 Å². The van der Waals surface area contributed by atoms with E-state index in [4.69, 9.17) is 4.74 Å². The lowest BCUT2D eigenvalue weighted by Gasteiger charge is -2.09. The van der Waals surface area contributed by atoms with Crippen LogP contribution >= 0.6 is 0 Å². The number of hydrazine groups is 1. The zero-order valence-electron chi connectivity index (χ0n) is 12.1. The second kappa shape index (κ2) is 7.68. The van der Waals surface area contributed by atoms with Crippen molar-refractivity contribution in [3.8, 4) is 5.75 Å². The van der Waals surface area contributed by atoms with Crippen LogP contribution in [0.15, 0.2) is 54.6 Å². The van der Waals surface area contributed by atoms with Crippen LogP contribution in [-0.2, 0) is 11.2 Å². The summed E-state index contributed by atoms with van der Waals surface area (Å²) >= 11 is 0. The zero-order valence-corrected chi connectivity index (χ0v) is 12.1. The molecule has 2 rings (SSSR count). The van der Waals surface area contributed by atoms with E-state index in [-0.39, 0.29) is 12.3 Å². The second-order valence-corrected chi connectivity index (χ2v) is 4.52. The lowest BCUT2D eigenvalue weighted by atomic mass is 10.1. The summed E-state index contributed by atoms with van der Waals surface area (Å²) < 4.78 is 5.04. The third-order valence-corrected chi connectivity index (χ3v) is 2.87. The van der Waals surface area contributed by atoms with Crippen LogP contribution in [0.5, 0.6) is 5.75 Å². The Morgan fingerprint density at radius 2 is 1.64 bits per heavy atom. The Hall–Kier alpha value is -3.02. The molecule has 6 nitrogen and oxygen atoms in total. The van der Waals surface area contributed by atoms with E-state index in [1.165, 1.54) is 0 Å². The number of carbonyl (C=O) groups excluding carboxylic acids is 2. The van der Waals surface area contributed by atoms with Gasteiger partial charge in [-0.05, 0) is 29.8 Å². The summed E-state index contributed by atoms with van der Waals surface area (Å²) in [6.45, 7) is 0. The molecule has 3 N–H and O–H groups in total. The largest absolute Gasteiger partial charge is 0.497 e. The molecule has 0 bridgehead atoms. The van der Waals surface area contributed by atoms with Crippen LogP contribution in [0.2, 0.25) is 0 Å². The van der Waals surface area contributed by atoms with Gasteiger partial charge in [-0.2, -0.15) is 0 Å². The van der Waals surface area contributed by atoms with Crippen molar-refractivity contribution < 1.29 is 14.3 Å². The molecular formula is C16H17N3O3. The number of carbonyl (C=O) groups is 2. The van der Waals surface area contributed by atoms with Gasteiger partial charge in [0.15, 0.2) is 0 Å². The van der Waals surface area contributed by atoms with Gasteiger partial charge in [0.05, 0.1) is 13.5 Å². The highest BCUT2D eigenvalue weighted by Crippen LogP contribution is 2.11. The molecule has 0 spiro atoms. The van der Waals surface area contributed by atoms with Crippen LogP contribution in [0.1, 0.15) is 5.56 Å². The number of urea groups is 1. The smallest absolute Gasteiger partial charge is 0.337 e. The Bertz CT molecular complexity index is 627. The molecule has 0 aliphatic carbocycles. The fraction of sp³-hybridized carbons (Fsp3) is 0.125. The van der Waals surface area contributed by atoms with Crippen molar-refractivity contribution in [2.45, 2.75) is 6.42 Å². The number of para-hydroxylation sites is 1. The van der Waals surface area contributed by atoms with E-state index < -0.39 is 6.03 Å². The molecular weight excluding hydrogens is 282 g/mol. The molecule has 0 atom stereocenters. The third kappa shape index (κ3) is 4.82. The van der Waals surface area contributed by atoms with E-state index in [9.17, 15) is 9.59 Å². The van der Waals surface area contributed by atoms with Crippen LogP contribution in [0.4, 0.5) is 10.5 Å². The van der Waals surface area contributed by atoms with E-state index in [0.29, 0.717) is 5.69 Å². The highest BCUT2D eigenvalue weighted by molar-refractivity contribution is 5.91. The molecule has 22 heavy (non-hydrogen) atoms. The summed E-state index contributed by atoms with van der Waals surface area (Å²) in [5.74, 6) is 0.415. The SMILES string of the molecule is COc1ccc(CC(=O)NNC(=O)Nc2ccccc2)cc1. The van der Waals surface area contributed by atoms with Gasteiger partial charge in [-0.1, -0.05) is 30.3 Å². The minimum Gasteiger partial charge on any atom is -0.497 e. The van der Waals surface area contributed by atoms with Gasteiger partial charge in [0.1, 0.15) is 5.75 Å². The maximum Gasteiger partial charge on any atom is 0.337 e. The predicted molar refractivity (Wildman–Crippen MR) is 83.4 cm³/mol. The summed E-state index contributed by atoms with van der Waals surface area (Å²) in [6, 6.07) is 15.6. The lowest BCUT2D eigenvalue weighted by molar-refractivity contribution is -0.121. The summed E-state index contributed by atoms with van der Waals surface area (Å²) in [4.78, 5) is 23.3. The van der Waals surface area contributed by atoms with Crippen molar-refractivity contribution in [3.05, 3.63) is 60.2 Å². The minimum atomic E-state index is -0.505. The first-order valence-corrected chi connectivity index (χ1v) is 6.71. The fourth-order valence-electron chi connectivity index (χ4n) is 1.78. The molecule has 0 radical (unpaired) electrons. The summed E-state index contributed by atoms with van der Waals surface area (Å²) in [5.41, 5.74) is 6.11. The van der Waals surface area contributed by atoms with Crippen molar-refractivity contribution >= 4 is 17.6 Å². The van der Waals surface area contributed by atoms with Crippen molar-refractivity contribution in [2.75, 3.05) is 12.4 Å². The fourth-order valence-corrected chi connectivity index (χ4v) is 1.78. The predicted octanol–water partition coefficient (Wildman–Crippen LogP) is 2.09. The molecule has 0 aliphatic rings. The molecule has 6 heteroatoms. The van der Waals surface area contributed by atoms with E-state index >= 15 is 0 Å². The number of hydrogen-bond acceptors (Lipinski definition) is 3. The molecule has 0 unspecified atom stereocenters. The number of methoxy groups -OCH3 is 1. The molecule has 0 heterocycles. The van der Waals surface area contributed by atoms with E-state index in [1.807, 2.05) is 6.07 Å². The Balaban J connectivity index is 1.76. The highest BCUT2D eigenvalue weighted by atomic mass is 16.5. The standard InChI is InChI=1S/C16H17N3O3/c1-22-14-9-7-12(8-10-14)11-15(20)18-19-16(21)17-13-5-3-2-4-6-13/h2-10H,11H2,1H3,(H,18,20)(H2,17,19,21). The number of benzene rings is 2. The van der Waals surface area contributed by atoms with Crippen molar-refractivity contribution in [2.24, 2.45) is 0 Å². The van der Waals surface area contributed by atoms with E-state index in [1.54, 1.807) is 55.6 Å². The van der Waals surface area contributed by atoms with Crippen LogP contribution in [0.25, 0.3) is 0 Å². The van der Waals surface area contributed by atoms with Crippen LogP contribution < -0.4 is 20.9 Å². The quantitative estimate of drug-likeness (QED) is 0.756. The Morgan fingerprint density at radius 3 is 2.27 bits per heavy atom. The number of nitrogens with one attached hydrogen (secondary N) is 3. The second-order valence-electron chi connectivity index (χ2n) is 4.52. The Labute approximate surface area is 128 Å². The first-order chi connectivity index (χ1) is 10.7. The molecule has 3 amide bonds. The topological polar surface area (TPSA) is 79.5 Å². The average Bonchev–Trinajstić information content (AvgIpc) is 2.55. The van der Waals surface area contributed by atoms with E-state index in [2.05, 4.69) is 16.2 Å². The number of anilines is 1. The summed E-state index contributed by atoms with van der Waals surface area (Å²) in [6.07, 6.45) is 0.162. The van der Waals surface area contributed by atoms with Crippen molar-refractivity contribution in [3.63, 3.8) is 0 Å². The molecule has 2 aromatic carbocycles. The van der Waals surface area contributed by atoms with E-state index in [0.717, 1.165) is 11.3 Å². The molecule has 0 aromatic heterocycles. The number of rotatable bonds is 4. The summed E-state index contributed by atoms with van der Waals surface area (Å²) in [7, 11) is 1.58. The first kappa shape index (κ1) is 15.4. The average molecular weight is 299 g/mol. The molecule has 0 saturated heterocycles. The molecule has 0 saturated carbocycles. The third-order valence-electron chi connectivity index (χ3n) is 2.87. The Morgan fingerprint density at radius 1 is 0.955 bits per heavy atom. The van der Waals surface area contributed by atoms with Gasteiger partial charge in [-0.3, -0.25) is 10.2 Å². The molecule has 0 aliphatic heterocycles. The Kier molecular flexibility index (Phi) is 5.37. The normalized spacial score (nSPS) is 9.68. The lowest BCUT2D eigenvalue weighted by Crippen LogP contribution is -2.44. The molecule has 114 valence electrons. The maximum absolute atomic E-state index is 11.7. The van der Waals surface area contributed by atoms with Crippen LogP contribution in [-0.4, -0.2) is 19.0 Å². The molecule has 0 fully saturated rings. The van der Waals surface area contributed by atoms with Crippen molar-refractivity contribution in [1.29, 1.82) is 0 Å². The summed E-state index contributed by atoms with van der Waals surface area (Å²) in [5, 5.41) is 2.59. The number of hydrogen-bond donors (Lipinski definition) is 3. The zero-order chi connectivity index (χ0) is 15.8. The number of amides is 3. The van der Waals surface area contributed by atoms with Gasteiger partial charge in [0.2, 0.25) is 5.91 Å². The van der Waals surface area contributed by atoms with Crippen LogP contribution in [0, 0.1) is 0 Å². The highest BCUT2D eigenvalue weighted by Gasteiger charge is 2.06. The van der Waals surface area contributed by atoms with Gasteiger partial charge in [0, 0.05) is 5.69 Å². The van der Waals surface area contributed by atoms with Gasteiger partial charge in [-0.25, -0.2) is 10.2 Å². The monoisotopic (exact) mass is 299 g/mol. The first-order valence-electron chi connectivity index (χ1n) is 6.71. The van der Waals surface area contributed by atoms with Gasteiger partial charge < -0.3 is 10.1 Å². The van der Waals surface area contributed by atoms with Crippen LogP contribution in [0.3, 0.4) is 0 Å². The number of ether oxygens (including phenoxy) is 1. The van der Waals surface area contributed by atoms with Crippen molar-refractivity contribution in [1.82, 2.24) is 10.9 Å². The van der Waals surface area contributed by atoms with Gasteiger partial charge >= 0.3 is 6.03 Å². The minimum absolute atomic E-state index is 0.162.